The Bertz CT molecular complexity index is 986. The number of piperidine rings is 1. The summed E-state index contributed by atoms with van der Waals surface area (Å²) in [5.74, 6) is -3.05. The highest BCUT2D eigenvalue weighted by Crippen LogP contribution is 2.22. The van der Waals surface area contributed by atoms with Crippen LogP contribution < -0.4 is 5.32 Å². The van der Waals surface area contributed by atoms with Gasteiger partial charge in [0.25, 0.3) is 0 Å². The average molecular weight is 500 g/mol. The molecule has 4 rings (SSSR count). The third-order valence-electron chi connectivity index (χ3n) is 5.90. The summed E-state index contributed by atoms with van der Waals surface area (Å²) in [4.78, 5) is 25.5. The topological polar surface area (TPSA) is 104 Å². The minimum Gasteiger partial charge on any atom is -0.475 e. The second-order valence-electron chi connectivity index (χ2n) is 8.44. The number of alkyl halides is 3. The molecule has 2 aromatic rings. The summed E-state index contributed by atoms with van der Waals surface area (Å²) < 4.78 is 47.4. The van der Waals surface area contributed by atoms with Gasteiger partial charge >= 0.3 is 18.2 Å². The van der Waals surface area contributed by atoms with Gasteiger partial charge in [0.2, 0.25) is 0 Å². The molecule has 35 heavy (non-hydrogen) atoms. The molecule has 0 radical (unpaired) electrons. The number of rotatable bonds is 5. The summed E-state index contributed by atoms with van der Waals surface area (Å²) in [5.41, 5.74) is 1.52. The number of amides is 2. The van der Waals surface area contributed by atoms with E-state index >= 15 is 0 Å². The largest absolute Gasteiger partial charge is 0.490 e. The van der Waals surface area contributed by atoms with Gasteiger partial charge in [-0.2, -0.15) is 13.2 Å². The highest BCUT2D eigenvalue weighted by molar-refractivity contribution is 5.74. The van der Waals surface area contributed by atoms with E-state index < -0.39 is 12.1 Å². The molecule has 0 bridgehead atoms. The van der Waals surface area contributed by atoms with Crippen molar-refractivity contribution >= 4 is 12.0 Å². The number of nitrogens with one attached hydrogen (secondary N) is 1. The number of aliphatic carboxylic acids is 1. The number of halogens is 4. The molecule has 9 nitrogen and oxygen atoms in total. The number of carboxylic acids is 1. The predicted octanol–water partition coefficient (Wildman–Crippen LogP) is 3.19. The Morgan fingerprint density at radius 1 is 1.09 bits per heavy atom. The molecule has 2 amide bonds. The van der Waals surface area contributed by atoms with Gasteiger partial charge in [-0.15, -0.1) is 5.10 Å². The lowest BCUT2D eigenvalue weighted by molar-refractivity contribution is -0.192. The SMILES string of the molecule is O=C(NCc1ccccc1F)N1CCC(n2cc(CN3CCCC3)nn2)CC1.O=C(O)C(F)(F)F. The number of carbonyl (C=O) groups is 2. The molecule has 0 atom stereocenters. The second kappa shape index (κ2) is 12.0. The zero-order valence-corrected chi connectivity index (χ0v) is 19.0. The van der Waals surface area contributed by atoms with E-state index in [0.29, 0.717) is 18.7 Å². The van der Waals surface area contributed by atoms with Gasteiger partial charge in [0, 0.05) is 31.7 Å². The standard InChI is InChI=1S/C20H27FN6O.C2HF3O2/c21-19-6-2-1-5-16(19)13-22-20(28)26-11-7-18(8-12-26)27-15-17(23-24-27)14-25-9-3-4-10-25;3-2(4,5)1(6)7/h1-2,5-6,15,18H,3-4,7-14H2,(H,22,28);(H,6,7). The van der Waals surface area contributed by atoms with Crippen molar-refractivity contribution in [1.29, 1.82) is 0 Å². The van der Waals surface area contributed by atoms with Crippen LogP contribution in [0.15, 0.2) is 30.5 Å². The van der Waals surface area contributed by atoms with Crippen molar-refractivity contribution in [2.45, 2.75) is 51.0 Å². The fraction of sp³-hybridized carbons (Fsp3) is 0.545. The number of carbonyl (C=O) groups excluding carboxylic acids is 1. The van der Waals surface area contributed by atoms with Crippen LogP contribution in [0.1, 0.15) is 43.0 Å². The number of aromatic nitrogens is 3. The quantitative estimate of drug-likeness (QED) is 0.612. The summed E-state index contributed by atoms with van der Waals surface area (Å²) in [5, 5.41) is 18.6. The van der Waals surface area contributed by atoms with Crippen LogP contribution in [0.4, 0.5) is 22.4 Å². The first kappa shape index (κ1) is 26.4. The maximum absolute atomic E-state index is 13.7. The first-order valence-corrected chi connectivity index (χ1v) is 11.3. The molecule has 0 saturated carbocycles. The highest BCUT2D eigenvalue weighted by Gasteiger charge is 2.38. The summed E-state index contributed by atoms with van der Waals surface area (Å²) in [6.45, 7) is 4.69. The fourth-order valence-electron chi connectivity index (χ4n) is 3.99. The van der Waals surface area contributed by atoms with E-state index in [-0.39, 0.29) is 24.4 Å². The smallest absolute Gasteiger partial charge is 0.475 e. The minimum atomic E-state index is -5.08. The molecule has 13 heteroatoms. The zero-order valence-electron chi connectivity index (χ0n) is 19.0. The van der Waals surface area contributed by atoms with Gasteiger partial charge in [-0.3, -0.25) is 4.90 Å². The third kappa shape index (κ3) is 7.91. The lowest BCUT2D eigenvalue weighted by Gasteiger charge is -2.31. The molecule has 2 N–H and O–H groups in total. The van der Waals surface area contributed by atoms with Crippen molar-refractivity contribution in [2.75, 3.05) is 26.2 Å². The lowest BCUT2D eigenvalue weighted by Crippen LogP contribution is -2.44. The number of hydrogen-bond donors (Lipinski definition) is 2. The van der Waals surface area contributed by atoms with Crippen molar-refractivity contribution < 1.29 is 32.3 Å². The van der Waals surface area contributed by atoms with Crippen LogP contribution in [0.25, 0.3) is 0 Å². The zero-order chi connectivity index (χ0) is 25.4. The molecule has 0 aliphatic carbocycles. The Hall–Kier alpha value is -3.22. The van der Waals surface area contributed by atoms with Crippen LogP contribution in [0.5, 0.6) is 0 Å². The van der Waals surface area contributed by atoms with Crippen LogP contribution in [-0.2, 0) is 17.9 Å². The van der Waals surface area contributed by atoms with Crippen molar-refractivity contribution in [3.05, 3.63) is 47.5 Å². The molecule has 1 aromatic carbocycles. The lowest BCUT2D eigenvalue weighted by atomic mass is 10.1. The summed E-state index contributed by atoms with van der Waals surface area (Å²) in [7, 11) is 0. The molecule has 0 spiro atoms. The fourth-order valence-corrected chi connectivity index (χ4v) is 3.99. The summed E-state index contributed by atoms with van der Waals surface area (Å²) in [6, 6.07) is 6.64. The van der Waals surface area contributed by atoms with Crippen molar-refractivity contribution in [3.63, 3.8) is 0 Å². The molecule has 0 unspecified atom stereocenters. The van der Waals surface area contributed by atoms with Crippen molar-refractivity contribution in [2.24, 2.45) is 0 Å². The number of likely N-dealkylation sites (tertiary alicyclic amines) is 2. The van der Waals surface area contributed by atoms with Gasteiger partial charge in [-0.25, -0.2) is 18.7 Å². The normalized spacial score (nSPS) is 17.1. The molecule has 2 aliphatic heterocycles. The molecule has 1 aromatic heterocycles. The monoisotopic (exact) mass is 500 g/mol. The molecular weight excluding hydrogens is 472 g/mol. The Labute approximate surface area is 199 Å². The van der Waals surface area contributed by atoms with E-state index in [1.54, 1.807) is 23.1 Å². The molecule has 2 aliphatic rings. The molecule has 2 fully saturated rings. The Morgan fingerprint density at radius 2 is 1.71 bits per heavy atom. The van der Waals surface area contributed by atoms with Gasteiger partial charge < -0.3 is 15.3 Å². The summed E-state index contributed by atoms with van der Waals surface area (Å²) >= 11 is 0. The number of urea groups is 1. The van der Waals surface area contributed by atoms with E-state index in [1.807, 2.05) is 4.68 Å². The van der Waals surface area contributed by atoms with Crippen LogP contribution in [0.3, 0.4) is 0 Å². The Morgan fingerprint density at radius 3 is 2.31 bits per heavy atom. The van der Waals surface area contributed by atoms with Gasteiger partial charge in [-0.05, 0) is 44.8 Å². The molecule has 192 valence electrons. The van der Waals surface area contributed by atoms with E-state index in [1.165, 1.54) is 18.9 Å². The summed E-state index contributed by atoms with van der Waals surface area (Å²) in [6.07, 6.45) is 1.20. The third-order valence-corrected chi connectivity index (χ3v) is 5.90. The maximum Gasteiger partial charge on any atom is 0.490 e. The molecule has 2 saturated heterocycles. The molecular formula is C22H28F4N6O3. The minimum absolute atomic E-state index is 0.144. The van der Waals surface area contributed by atoms with E-state index in [0.717, 1.165) is 38.2 Å². The second-order valence-corrected chi connectivity index (χ2v) is 8.44. The van der Waals surface area contributed by atoms with Gasteiger partial charge in [-0.1, -0.05) is 23.4 Å². The van der Waals surface area contributed by atoms with Gasteiger partial charge in [0.1, 0.15) is 5.82 Å². The number of carboxylic acid groups (broad SMARTS) is 1. The van der Waals surface area contributed by atoms with Crippen molar-refractivity contribution in [1.82, 2.24) is 30.1 Å². The number of nitrogens with zero attached hydrogens (tertiary/aromatic N) is 5. The van der Waals surface area contributed by atoms with E-state index in [9.17, 15) is 22.4 Å². The van der Waals surface area contributed by atoms with Gasteiger partial charge in [0.15, 0.2) is 0 Å². The Kier molecular flexibility index (Phi) is 9.01. The van der Waals surface area contributed by atoms with E-state index in [4.69, 9.17) is 9.90 Å². The van der Waals surface area contributed by atoms with Crippen molar-refractivity contribution in [3.8, 4) is 0 Å². The van der Waals surface area contributed by atoms with Crippen LogP contribution >= 0.6 is 0 Å². The first-order valence-electron chi connectivity index (χ1n) is 11.3. The number of benzene rings is 1. The Balaban J connectivity index is 0.000000429. The average Bonchev–Trinajstić information content (AvgIpc) is 3.51. The van der Waals surface area contributed by atoms with Crippen LogP contribution in [-0.4, -0.2) is 74.3 Å². The van der Waals surface area contributed by atoms with Crippen LogP contribution in [0, 0.1) is 5.82 Å². The first-order chi connectivity index (χ1) is 16.6. The number of hydrogen-bond acceptors (Lipinski definition) is 5. The van der Waals surface area contributed by atoms with Gasteiger partial charge in [0.05, 0.1) is 17.9 Å². The predicted molar refractivity (Wildman–Crippen MR) is 117 cm³/mol. The maximum atomic E-state index is 13.7. The molecule has 3 heterocycles. The highest BCUT2D eigenvalue weighted by atomic mass is 19.4. The van der Waals surface area contributed by atoms with E-state index in [2.05, 4.69) is 26.7 Å². The van der Waals surface area contributed by atoms with Crippen LogP contribution in [0.2, 0.25) is 0 Å².